The zero-order chi connectivity index (χ0) is 37.9. The molecule has 1 aliphatic rings. The van der Waals surface area contributed by atoms with Gasteiger partial charge in [-0.3, -0.25) is 0 Å². The molecule has 1 aliphatic heterocycles. The molecular weight excluding hydrogens is 739 g/mol. The molecule has 7 aromatic carbocycles. The summed E-state index contributed by atoms with van der Waals surface area (Å²) in [5.41, 5.74) is 14.4. The van der Waals surface area contributed by atoms with Crippen molar-refractivity contribution in [3.8, 4) is 0 Å². The van der Waals surface area contributed by atoms with Crippen LogP contribution in [0.3, 0.4) is 0 Å². The van der Waals surface area contributed by atoms with Crippen molar-refractivity contribution in [2.75, 3.05) is 0 Å². The van der Waals surface area contributed by atoms with E-state index >= 15 is 0 Å². The number of aliphatic imine (C=N–C) groups is 3. The van der Waals surface area contributed by atoms with Crippen LogP contribution in [0.1, 0.15) is 38.9 Å². The van der Waals surface area contributed by atoms with Gasteiger partial charge in [0.05, 0.1) is 5.69 Å². The molecule has 6 nitrogen and oxygen atoms in total. The average Bonchev–Trinajstić information content (AvgIpc) is 3.95. The molecule has 272 valence electrons. The molecule has 11 rings (SSSR count). The highest BCUT2D eigenvalue weighted by Crippen LogP contribution is 2.42. The van der Waals surface area contributed by atoms with Gasteiger partial charge in [0.25, 0.3) is 0 Å². The van der Waals surface area contributed by atoms with Crippen LogP contribution >= 0.6 is 22.7 Å². The first-order valence-corrected chi connectivity index (χ1v) is 20.5. The minimum absolute atomic E-state index is 0.433. The Labute approximate surface area is 336 Å². The molecule has 10 aromatic rings. The van der Waals surface area contributed by atoms with Gasteiger partial charge >= 0.3 is 0 Å². The van der Waals surface area contributed by atoms with Crippen LogP contribution in [0.2, 0.25) is 0 Å². The van der Waals surface area contributed by atoms with Crippen molar-refractivity contribution in [3.05, 3.63) is 196 Å². The number of nitrogens with zero attached hydrogens (tertiary/aromatic N) is 3. The second kappa shape index (κ2) is 13.7. The predicted molar refractivity (Wildman–Crippen MR) is 240 cm³/mol. The van der Waals surface area contributed by atoms with E-state index in [4.69, 9.17) is 25.1 Å². The minimum Gasteiger partial charge on any atom is -0.456 e. The van der Waals surface area contributed by atoms with E-state index in [-0.39, 0.29) is 0 Å². The van der Waals surface area contributed by atoms with Crippen LogP contribution in [0.25, 0.3) is 52.2 Å². The first-order chi connectivity index (χ1) is 28.1. The number of fused-ring (bicyclic) bond motifs is 7. The Morgan fingerprint density at radius 2 is 1.25 bits per heavy atom. The third-order valence-electron chi connectivity index (χ3n) is 10.6. The van der Waals surface area contributed by atoms with Crippen molar-refractivity contribution in [2.45, 2.75) is 12.6 Å². The summed E-state index contributed by atoms with van der Waals surface area (Å²) in [6.45, 7) is 0. The first-order valence-electron chi connectivity index (χ1n) is 18.9. The van der Waals surface area contributed by atoms with Crippen LogP contribution < -0.4 is 11.1 Å². The number of furan rings is 1. The van der Waals surface area contributed by atoms with Crippen molar-refractivity contribution in [3.63, 3.8) is 0 Å². The summed E-state index contributed by atoms with van der Waals surface area (Å²) in [5, 5.41) is 9.31. The predicted octanol–water partition coefficient (Wildman–Crippen LogP) is 12.3. The molecular formula is C49H33N5OS2. The molecule has 0 aliphatic carbocycles. The SMILES string of the molecule is NC(=Nc1c(Cc2ccc3sc4cccc(C5=NC(c6ccccc6)N=C(c6cccc7oc8ccccc8c67)N5)c4c3c2)sc2ccccc12)c1ccccc1. The lowest BCUT2D eigenvalue weighted by atomic mass is 10.0. The smallest absolute Gasteiger partial charge is 0.169 e. The van der Waals surface area contributed by atoms with Crippen LogP contribution in [-0.4, -0.2) is 17.5 Å². The molecule has 0 saturated carbocycles. The van der Waals surface area contributed by atoms with Gasteiger partial charge in [-0.2, -0.15) is 0 Å². The van der Waals surface area contributed by atoms with Crippen LogP contribution in [0.15, 0.2) is 183 Å². The van der Waals surface area contributed by atoms with E-state index in [2.05, 4.69) is 96.3 Å². The lowest BCUT2D eigenvalue weighted by Crippen LogP contribution is -2.36. The maximum absolute atomic E-state index is 6.62. The van der Waals surface area contributed by atoms with Gasteiger partial charge in [-0.15, -0.1) is 22.7 Å². The van der Waals surface area contributed by atoms with E-state index in [1.807, 2.05) is 72.8 Å². The lowest BCUT2D eigenvalue weighted by Gasteiger charge is -2.23. The Hall–Kier alpha value is -6.87. The third kappa shape index (κ3) is 5.89. The average molecular weight is 772 g/mol. The highest BCUT2D eigenvalue weighted by molar-refractivity contribution is 7.26. The van der Waals surface area contributed by atoms with Gasteiger partial charge in [0.2, 0.25) is 0 Å². The van der Waals surface area contributed by atoms with E-state index in [1.165, 1.54) is 35.3 Å². The Balaban J connectivity index is 1.03. The number of para-hydroxylation sites is 1. The number of nitrogens with one attached hydrogen (secondary N) is 1. The van der Waals surface area contributed by atoms with Gasteiger partial charge < -0.3 is 15.5 Å². The molecule has 0 spiro atoms. The monoisotopic (exact) mass is 771 g/mol. The Kier molecular flexibility index (Phi) is 8.05. The van der Waals surface area contributed by atoms with Crippen molar-refractivity contribution in [1.29, 1.82) is 0 Å². The molecule has 57 heavy (non-hydrogen) atoms. The maximum atomic E-state index is 6.62. The number of nitrogens with two attached hydrogens (primary N) is 1. The summed E-state index contributed by atoms with van der Waals surface area (Å²) in [5.74, 6) is 2.06. The molecule has 0 bridgehead atoms. The molecule has 3 aromatic heterocycles. The molecule has 1 atom stereocenters. The second-order valence-corrected chi connectivity index (χ2v) is 16.4. The molecule has 3 N–H and O–H groups in total. The standard InChI is InChI=1S/C49H33N5OS2/c50-46(30-13-3-1-4-14-30)51-45-33-18-8-10-23-39(33)57-42(45)28-29-25-26-40-36(27-29)44-35(20-12-24-41(44)56-40)49-53-47(31-15-5-2-6-16-31)52-48(54-49)34-19-11-22-38-43(34)32-17-7-9-21-37(32)55-38/h1-27,47H,28H2,(H2,50,51)(H,52,53,54). The zero-order valence-electron chi connectivity index (χ0n) is 30.5. The van der Waals surface area contributed by atoms with Crippen molar-refractivity contribution >= 4 is 98.1 Å². The van der Waals surface area contributed by atoms with Crippen LogP contribution in [-0.2, 0) is 6.42 Å². The first kappa shape index (κ1) is 33.5. The fourth-order valence-electron chi connectivity index (χ4n) is 7.96. The number of benzene rings is 7. The third-order valence-corrected chi connectivity index (χ3v) is 12.9. The van der Waals surface area contributed by atoms with Gasteiger partial charge in [0.1, 0.15) is 28.7 Å². The van der Waals surface area contributed by atoms with Gasteiger partial charge in [-0.1, -0.05) is 127 Å². The zero-order valence-corrected chi connectivity index (χ0v) is 32.1. The lowest BCUT2D eigenvalue weighted by molar-refractivity contribution is 0.669. The summed E-state index contributed by atoms with van der Waals surface area (Å²) in [7, 11) is 0. The molecule has 0 saturated heterocycles. The fraction of sp³-hybridized carbons (Fsp3) is 0.0408. The van der Waals surface area contributed by atoms with E-state index < -0.39 is 6.17 Å². The Bertz CT molecular complexity index is 3260. The van der Waals surface area contributed by atoms with Crippen LogP contribution in [0, 0.1) is 0 Å². The van der Waals surface area contributed by atoms with E-state index in [0.717, 1.165) is 73.4 Å². The fourth-order valence-corrected chi connectivity index (χ4v) is 10.2. The highest BCUT2D eigenvalue weighted by atomic mass is 32.1. The van der Waals surface area contributed by atoms with Crippen molar-refractivity contribution in [2.24, 2.45) is 20.7 Å². The molecule has 0 fully saturated rings. The largest absolute Gasteiger partial charge is 0.456 e. The number of thiophene rings is 2. The van der Waals surface area contributed by atoms with E-state index in [0.29, 0.717) is 5.84 Å². The van der Waals surface area contributed by atoms with Gasteiger partial charge in [0.15, 0.2) is 6.17 Å². The maximum Gasteiger partial charge on any atom is 0.169 e. The van der Waals surface area contributed by atoms with Crippen molar-refractivity contribution < 1.29 is 4.42 Å². The summed E-state index contributed by atoms with van der Waals surface area (Å²) >= 11 is 3.59. The highest BCUT2D eigenvalue weighted by Gasteiger charge is 2.25. The second-order valence-electron chi connectivity index (χ2n) is 14.2. The van der Waals surface area contributed by atoms with E-state index in [9.17, 15) is 0 Å². The number of hydrogen-bond acceptors (Lipinski definition) is 7. The Morgan fingerprint density at radius 1 is 0.596 bits per heavy atom. The molecule has 0 radical (unpaired) electrons. The van der Waals surface area contributed by atoms with Crippen molar-refractivity contribution in [1.82, 2.24) is 5.32 Å². The Morgan fingerprint density at radius 3 is 2.07 bits per heavy atom. The van der Waals surface area contributed by atoms with Crippen LogP contribution in [0.5, 0.6) is 0 Å². The minimum atomic E-state index is -0.433. The number of rotatable bonds is 7. The van der Waals surface area contributed by atoms with Gasteiger partial charge in [-0.25, -0.2) is 15.0 Å². The quantitative estimate of drug-likeness (QED) is 0.125. The summed E-state index contributed by atoms with van der Waals surface area (Å²) < 4.78 is 9.92. The molecule has 8 heteroatoms. The van der Waals surface area contributed by atoms with E-state index in [1.54, 1.807) is 22.7 Å². The molecule has 0 amide bonds. The van der Waals surface area contributed by atoms with Crippen LogP contribution in [0.4, 0.5) is 5.69 Å². The normalized spacial score (nSPS) is 14.7. The number of hydrogen-bond donors (Lipinski definition) is 2. The summed E-state index contributed by atoms with van der Waals surface area (Å²) in [4.78, 5) is 16.8. The molecule has 4 heterocycles. The number of amidine groups is 3. The molecule has 1 unspecified atom stereocenters. The summed E-state index contributed by atoms with van der Waals surface area (Å²) in [6, 6.07) is 56.5. The summed E-state index contributed by atoms with van der Waals surface area (Å²) in [6.07, 6.45) is 0.293. The van der Waals surface area contributed by atoms with Gasteiger partial charge in [-0.05, 0) is 47.5 Å². The van der Waals surface area contributed by atoms with Gasteiger partial charge in [0, 0.05) is 69.0 Å². The topological polar surface area (TPSA) is 88.3 Å².